The van der Waals surface area contributed by atoms with E-state index in [4.69, 9.17) is 0 Å². The number of primary amides is 1. The zero-order chi connectivity index (χ0) is 22.8. The van der Waals surface area contributed by atoms with Crippen LogP contribution >= 0.6 is 0 Å². The van der Waals surface area contributed by atoms with Crippen LogP contribution in [-0.2, 0) is 4.79 Å². The van der Waals surface area contributed by atoms with Crippen molar-refractivity contribution >= 4 is 33.9 Å². The first-order valence-electron chi connectivity index (χ1n) is 10.5. The lowest BCUT2D eigenvalue weighted by Gasteiger charge is -2.23. The van der Waals surface area contributed by atoms with Gasteiger partial charge in [0.2, 0.25) is 5.91 Å². The number of amides is 1. The number of carboxylic acid groups (broad SMARTS) is 1. The predicted molar refractivity (Wildman–Crippen MR) is 119 cm³/mol. The Kier molecular flexibility index (Phi) is 5.89. The Bertz CT molecular complexity index is 1300. The summed E-state index contributed by atoms with van der Waals surface area (Å²) in [6, 6.07) is 7.57. The molecule has 0 radical (unpaired) electrons. The fraction of sp³-hybridized carbons (Fsp3) is 0.304. The molecule has 1 fully saturated rings. The summed E-state index contributed by atoms with van der Waals surface area (Å²) in [7, 11) is 0. The Balaban J connectivity index is 0.000000567. The van der Waals surface area contributed by atoms with Gasteiger partial charge in [0.05, 0.1) is 34.7 Å². The molecule has 2 aromatic carbocycles. The number of carboxylic acids is 1. The van der Waals surface area contributed by atoms with E-state index in [0.717, 1.165) is 16.6 Å². The van der Waals surface area contributed by atoms with Gasteiger partial charge in [0, 0.05) is 18.5 Å². The van der Waals surface area contributed by atoms with Crippen LogP contribution < -0.4 is 5.73 Å². The molecule has 32 heavy (non-hydrogen) atoms. The standard InChI is InChI=1S/C21H19FN4O2.C2H5NO/c22-15-9-14(19-20(24-10-23-19)18(15)21(27)28)12-6-7-17-16(8-12)25-11-26(17)13-4-2-1-3-5-13;1-2(3)4/h6-11,13H,1-5H2,(H,23,24)(H,27,28);1H3,(H2,3,4). The van der Waals surface area contributed by atoms with Crippen LogP contribution in [0.4, 0.5) is 4.39 Å². The Morgan fingerprint density at radius 3 is 2.59 bits per heavy atom. The molecule has 1 saturated carbocycles. The lowest BCUT2D eigenvalue weighted by molar-refractivity contribution is -0.115. The van der Waals surface area contributed by atoms with E-state index in [1.807, 2.05) is 24.5 Å². The molecule has 9 heteroatoms. The fourth-order valence-electron chi connectivity index (χ4n) is 4.35. The highest BCUT2D eigenvalue weighted by molar-refractivity contribution is 6.06. The van der Waals surface area contributed by atoms with Gasteiger partial charge in [-0.1, -0.05) is 25.3 Å². The molecule has 0 bridgehead atoms. The van der Waals surface area contributed by atoms with Crippen LogP contribution in [0, 0.1) is 5.82 Å². The number of halogens is 1. The summed E-state index contributed by atoms with van der Waals surface area (Å²) < 4.78 is 16.8. The first kappa shape index (κ1) is 21.5. The van der Waals surface area contributed by atoms with Crippen molar-refractivity contribution in [3.63, 3.8) is 0 Å². The smallest absolute Gasteiger partial charge is 0.340 e. The Morgan fingerprint density at radius 2 is 1.91 bits per heavy atom. The maximum atomic E-state index is 14.5. The van der Waals surface area contributed by atoms with Crippen LogP contribution in [0.2, 0.25) is 0 Å². The molecule has 5 rings (SSSR count). The van der Waals surface area contributed by atoms with Crippen molar-refractivity contribution in [2.75, 3.05) is 0 Å². The van der Waals surface area contributed by atoms with E-state index in [2.05, 4.69) is 25.3 Å². The van der Waals surface area contributed by atoms with E-state index in [9.17, 15) is 19.1 Å². The molecule has 166 valence electrons. The second-order valence-electron chi connectivity index (χ2n) is 7.97. The molecule has 0 unspecified atom stereocenters. The van der Waals surface area contributed by atoms with Gasteiger partial charge in [-0.3, -0.25) is 4.79 Å². The first-order chi connectivity index (χ1) is 15.4. The lowest BCUT2D eigenvalue weighted by atomic mass is 9.95. The van der Waals surface area contributed by atoms with Crippen molar-refractivity contribution in [2.24, 2.45) is 5.73 Å². The van der Waals surface area contributed by atoms with E-state index in [1.165, 1.54) is 51.4 Å². The number of aromatic amines is 1. The molecular weight excluding hydrogens is 413 g/mol. The van der Waals surface area contributed by atoms with E-state index in [-0.39, 0.29) is 17.0 Å². The highest BCUT2D eigenvalue weighted by Gasteiger charge is 2.21. The topological polar surface area (TPSA) is 127 Å². The van der Waals surface area contributed by atoms with Gasteiger partial charge in [0.1, 0.15) is 11.4 Å². The number of carbonyl (C=O) groups is 2. The van der Waals surface area contributed by atoms with Crippen LogP contribution in [0.5, 0.6) is 0 Å². The molecule has 1 aliphatic carbocycles. The third-order valence-electron chi connectivity index (χ3n) is 5.72. The van der Waals surface area contributed by atoms with Crippen molar-refractivity contribution in [3.05, 3.63) is 48.3 Å². The van der Waals surface area contributed by atoms with Gasteiger partial charge in [0.15, 0.2) is 0 Å². The van der Waals surface area contributed by atoms with Gasteiger partial charge >= 0.3 is 5.97 Å². The van der Waals surface area contributed by atoms with Gasteiger partial charge in [-0.25, -0.2) is 19.2 Å². The number of fused-ring (bicyclic) bond motifs is 2. The quantitative estimate of drug-likeness (QED) is 0.437. The van der Waals surface area contributed by atoms with Crippen molar-refractivity contribution in [3.8, 4) is 11.1 Å². The highest BCUT2D eigenvalue weighted by atomic mass is 19.1. The number of aromatic nitrogens is 4. The number of nitrogens with zero attached hydrogens (tertiary/aromatic N) is 3. The largest absolute Gasteiger partial charge is 0.478 e. The second-order valence-corrected chi connectivity index (χ2v) is 7.97. The molecule has 1 aliphatic rings. The molecule has 4 aromatic rings. The summed E-state index contributed by atoms with van der Waals surface area (Å²) in [5.41, 5.74) is 7.92. The first-order valence-corrected chi connectivity index (χ1v) is 10.5. The summed E-state index contributed by atoms with van der Waals surface area (Å²) in [5.74, 6) is -2.44. The third-order valence-corrected chi connectivity index (χ3v) is 5.72. The molecule has 0 atom stereocenters. The van der Waals surface area contributed by atoms with Crippen LogP contribution in [0.3, 0.4) is 0 Å². The monoisotopic (exact) mass is 437 g/mol. The highest BCUT2D eigenvalue weighted by Crippen LogP contribution is 2.34. The van der Waals surface area contributed by atoms with Crippen LogP contribution in [0.25, 0.3) is 33.2 Å². The Labute approximate surface area is 183 Å². The number of hydrogen-bond acceptors (Lipinski definition) is 4. The van der Waals surface area contributed by atoms with E-state index >= 15 is 0 Å². The van der Waals surface area contributed by atoms with Crippen molar-refractivity contribution < 1.29 is 19.1 Å². The zero-order valence-corrected chi connectivity index (χ0v) is 17.6. The van der Waals surface area contributed by atoms with Crippen molar-refractivity contribution in [1.29, 1.82) is 0 Å². The van der Waals surface area contributed by atoms with Crippen LogP contribution in [0.1, 0.15) is 55.4 Å². The Hall–Kier alpha value is -3.75. The number of carbonyl (C=O) groups excluding carboxylic acids is 1. The summed E-state index contributed by atoms with van der Waals surface area (Å²) in [6.45, 7) is 1.31. The zero-order valence-electron chi connectivity index (χ0n) is 17.6. The fourth-order valence-corrected chi connectivity index (χ4v) is 4.35. The van der Waals surface area contributed by atoms with E-state index < -0.39 is 11.8 Å². The van der Waals surface area contributed by atoms with Crippen LogP contribution in [-0.4, -0.2) is 36.5 Å². The number of H-pyrrole nitrogens is 1. The maximum Gasteiger partial charge on any atom is 0.340 e. The molecule has 2 aromatic heterocycles. The van der Waals surface area contributed by atoms with Gasteiger partial charge in [0.25, 0.3) is 0 Å². The molecular formula is C23H24FN5O3. The number of rotatable bonds is 3. The number of nitrogens with two attached hydrogens (primary N) is 1. The molecule has 4 N–H and O–H groups in total. The molecule has 0 spiro atoms. The van der Waals surface area contributed by atoms with Crippen molar-refractivity contribution in [1.82, 2.24) is 19.5 Å². The third kappa shape index (κ3) is 4.05. The maximum absolute atomic E-state index is 14.5. The number of imidazole rings is 2. The normalized spacial score (nSPS) is 14.3. The summed E-state index contributed by atoms with van der Waals surface area (Å²) in [6.07, 6.45) is 9.40. The number of benzene rings is 2. The second kappa shape index (κ2) is 8.78. The molecule has 0 aliphatic heterocycles. The van der Waals surface area contributed by atoms with Gasteiger partial charge < -0.3 is 20.4 Å². The summed E-state index contributed by atoms with van der Waals surface area (Å²) in [5, 5.41) is 9.31. The van der Waals surface area contributed by atoms with Crippen molar-refractivity contribution in [2.45, 2.75) is 45.1 Å². The molecule has 0 saturated heterocycles. The molecule has 2 heterocycles. The SMILES string of the molecule is CC(N)=O.O=C(O)c1c(F)cc(-c2ccc3c(c2)ncn3C2CCCCC2)c2nc[nH]c12. The minimum Gasteiger partial charge on any atom is -0.478 e. The summed E-state index contributed by atoms with van der Waals surface area (Å²) in [4.78, 5) is 32.2. The average Bonchev–Trinajstić information content (AvgIpc) is 3.39. The Morgan fingerprint density at radius 1 is 1.19 bits per heavy atom. The number of aromatic carboxylic acids is 1. The average molecular weight is 437 g/mol. The van der Waals surface area contributed by atoms with Gasteiger partial charge in [-0.05, 0) is 36.6 Å². The number of nitrogens with one attached hydrogen (secondary N) is 1. The number of hydrogen-bond donors (Lipinski definition) is 3. The minimum atomic E-state index is -1.32. The molecule has 1 amide bonds. The van der Waals surface area contributed by atoms with Gasteiger partial charge in [-0.2, -0.15) is 0 Å². The minimum absolute atomic E-state index is 0.190. The van der Waals surface area contributed by atoms with Gasteiger partial charge in [-0.15, -0.1) is 0 Å². The lowest BCUT2D eigenvalue weighted by Crippen LogP contribution is -2.11. The van der Waals surface area contributed by atoms with Crippen LogP contribution in [0.15, 0.2) is 36.9 Å². The van der Waals surface area contributed by atoms with E-state index in [1.54, 1.807) is 0 Å². The predicted octanol–water partition coefficient (Wildman–Crippen LogP) is 4.41. The summed E-state index contributed by atoms with van der Waals surface area (Å²) >= 11 is 0. The van der Waals surface area contributed by atoms with E-state index in [0.29, 0.717) is 17.1 Å². The molecule has 8 nitrogen and oxygen atoms in total.